The SMILES string of the molecule is C#CCOc1c(CC=C)cc(/C=C(/C#N)c2ccc3ccccc3c2)cc1OCC. The van der Waals surface area contributed by atoms with Crippen LogP contribution < -0.4 is 9.47 Å². The highest BCUT2D eigenvalue weighted by molar-refractivity contribution is 5.94. The van der Waals surface area contributed by atoms with Gasteiger partial charge in [-0.2, -0.15) is 5.26 Å². The molecule has 0 aliphatic rings. The van der Waals surface area contributed by atoms with Gasteiger partial charge >= 0.3 is 0 Å². The Morgan fingerprint density at radius 3 is 2.60 bits per heavy atom. The van der Waals surface area contributed by atoms with Gasteiger partial charge in [0.05, 0.1) is 18.2 Å². The predicted octanol–water partition coefficient (Wildman–Crippen LogP) is 6.04. The fraction of sp³-hybridized carbons (Fsp3) is 0.148. The summed E-state index contributed by atoms with van der Waals surface area (Å²) < 4.78 is 11.5. The Hall–Kier alpha value is -3.95. The van der Waals surface area contributed by atoms with E-state index in [9.17, 15) is 5.26 Å². The van der Waals surface area contributed by atoms with E-state index in [1.807, 2.05) is 61.5 Å². The Labute approximate surface area is 177 Å². The molecule has 0 saturated carbocycles. The largest absolute Gasteiger partial charge is 0.490 e. The number of allylic oxidation sites excluding steroid dienone is 2. The highest BCUT2D eigenvalue weighted by Gasteiger charge is 2.13. The third-order valence-corrected chi connectivity index (χ3v) is 4.61. The Kier molecular flexibility index (Phi) is 6.93. The molecule has 0 aromatic heterocycles. The maximum atomic E-state index is 9.82. The molecule has 0 aliphatic carbocycles. The van der Waals surface area contributed by atoms with Crippen molar-refractivity contribution in [1.82, 2.24) is 0 Å². The van der Waals surface area contributed by atoms with Gasteiger partial charge in [0.15, 0.2) is 11.5 Å². The molecular weight excluding hydrogens is 370 g/mol. The van der Waals surface area contributed by atoms with E-state index in [0.717, 1.165) is 27.5 Å². The predicted molar refractivity (Wildman–Crippen MR) is 123 cm³/mol. The lowest BCUT2D eigenvalue weighted by Crippen LogP contribution is -2.03. The molecule has 0 fully saturated rings. The number of fused-ring (bicyclic) bond motifs is 1. The molecule has 3 nitrogen and oxygen atoms in total. The summed E-state index contributed by atoms with van der Waals surface area (Å²) in [6.07, 6.45) is 9.62. The van der Waals surface area contributed by atoms with E-state index < -0.39 is 0 Å². The molecule has 0 heterocycles. The lowest BCUT2D eigenvalue weighted by atomic mass is 9.98. The molecule has 3 aromatic rings. The number of hydrogen-bond acceptors (Lipinski definition) is 3. The molecule has 0 radical (unpaired) electrons. The van der Waals surface area contributed by atoms with Gasteiger partial charge in [-0.15, -0.1) is 13.0 Å². The first kappa shape index (κ1) is 20.8. The van der Waals surface area contributed by atoms with Gasteiger partial charge in [0.1, 0.15) is 6.61 Å². The first-order chi connectivity index (χ1) is 14.7. The van der Waals surface area contributed by atoms with Gasteiger partial charge in [0.2, 0.25) is 0 Å². The van der Waals surface area contributed by atoms with Gasteiger partial charge < -0.3 is 9.47 Å². The molecule has 0 spiro atoms. The lowest BCUT2D eigenvalue weighted by Gasteiger charge is -2.15. The normalized spacial score (nSPS) is 10.8. The molecule has 0 unspecified atom stereocenters. The van der Waals surface area contributed by atoms with Crippen molar-refractivity contribution < 1.29 is 9.47 Å². The van der Waals surface area contributed by atoms with E-state index in [1.54, 1.807) is 6.08 Å². The van der Waals surface area contributed by atoms with E-state index in [2.05, 4.69) is 24.6 Å². The highest BCUT2D eigenvalue weighted by atomic mass is 16.5. The molecular formula is C27H23NO2. The maximum absolute atomic E-state index is 9.82. The quantitative estimate of drug-likeness (QED) is 0.203. The summed E-state index contributed by atoms with van der Waals surface area (Å²) in [6, 6.07) is 20.3. The van der Waals surface area contributed by atoms with Crippen molar-refractivity contribution in [2.45, 2.75) is 13.3 Å². The summed E-state index contributed by atoms with van der Waals surface area (Å²) in [5, 5.41) is 12.0. The number of hydrogen-bond donors (Lipinski definition) is 0. The van der Waals surface area contributed by atoms with Gasteiger partial charge in [-0.3, -0.25) is 0 Å². The summed E-state index contributed by atoms with van der Waals surface area (Å²) in [5.41, 5.74) is 3.21. The zero-order valence-corrected chi connectivity index (χ0v) is 17.0. The van der Waals surface area contributed by atoms with Crippen molar-refractivity contribution in [3.8, 4) is 29.9 Å². The van der Waals surface area contributed by atoms with Crippen LogP contribution in [-0.4, -0.2) is 13.2 Å². The first-order valence-corrected chi connectivity index (χ1v) is 9.78. The van der Waals surface area contributed by atoms with Crippen LogP contribution in [0.25, 0.3) is 22.4 Å². The summed E-state index contributed by atoms with van der Waals surface area (Å²) in [6.45, 7) is 6.39. The molecule has 148 valence electrons. The fourth-order valence-corrected chi connectivity index (χ4v) is 3.32. The van der Waals surface area contributed by atoms with Crippen molar-refractivity contribution in [1.29, 1.82) is 5.26 Å². The van der Waals surface area contributed by atoms with Crippen molar-refractivity contribution in [2.75, 3.05) is 13.2 Å². The van der Waals surface area contributed by atoms with E-state index >= 15 is 0 Å². The van der Waals surface area contributed by atoms with Gasteiger partial charge in [-0.05, 0) is 59.5 Å². The van der Waals surface area contributed by atoms with Crippen LogP contribution in [-0.2, 0) is 6.42 Å². The third-order valence-electron chi connectivity index (χ3n) is 4.61. The fourth-order valence-electron chi connectivity index (χ4n) is 3.32. The minimum atomic E-state index is 0.153. The monoisotopic (exact) mass is 393 g/mol. The third kappa shape index (κ3) is 4.72. The van der Waals surface area contributed by atoms with E-state index in [0.29, 0.717) is 30.1 Å². The molecule has 0 saturated heterocycles. The summed E-state index contributed by atoms with van der Waals surface area (Å²) in [5.74, 6) is 3.72. The molecule has 0 aliphatic heterocycles. The van der Waals surface area contributed by atoms with Crippen molar-refractivity contribution in [2.24, 2.45) is 0 Å². The van der Waals surface area contributed by atoms with Crippen LogP contribution in [0.3, 0.4) is 0 Å². The minimum Gasteiger partial charge on any atom is -0.490 e. The molecule has 3 aromatic carbocycles. The topological polar surface area (TPSA) is 42.2 Å². The summed E-state index contributed by atoms with van der Waals surface area (Å²) >= 11 is 0. The zero-order valence-electron chi connectivity index (χ0n) is 17.0. The van der Waals surface area contributed by atoms with Gasteiger partial charge in [-0.1, -0.05) is 48.4 Å². The van der Waals surface area contributed by atoms with E-state index in [4.69, 9.17) is 15.9 Å². The van der Waals surface area contributed by atoms with Crippen LogP contribution in [0.5, 0.6) is 11.5 Å². The van der Waals surface area contributed by atoms with Crippen molar-refractivity contribution in [3.63, 3.8) is 0 Å². The second-order valence-corrected chi connectivity index (χ2v) is 6.66. The number of benzene rings is 3. The number of rotatable bonds is 8. The van der Waals surface area contributed by atoms with Crippen molar-refractivity contribution in [3.05, 3.63) is 83.9 Å². The maximum Gasteiger partial charge on any atom is 0.166 e. The number of ether oxygens (including phenoxy) is 2. The number of terminal acetylenes is 1. The molecule has 0 atom stereocenters. The molecule has 0 bridgehead atoms. The Morgan fingerprint density at radius 1 is 1.10 bits per heavy atom. The Bertz CT molecular complexity index is 1180. The van der Waals surface area contributed by atoms with E-state index in [1.165, 1.54) is 0 Å². The second kappa shape index (κ2) is 10.0. The summed E-state index contributed by atoms with van der Waals surface area (Å²) in [4.78, 5) is 0. The van der Waals surface area contributed by atoms with Crippen LogP contribution in [0.4, 0.5) is 0 Å². The molecule has 30 heavy (non-hydrogen) atoms. The highest BCUT2D eigenvalue weighted by Crippen LogP contribution is 2.35. The van der Waals surface area contributed by atoms with Crippen molar-refractivity contribution >= 4 is 22.4 Å². The zero-order chi connectivity index (χ0) is 21.3. The minimum absolute atomic E-state index is 0.153. The number of nitriles is 1. The molecule has 0 N–H and O–H groups in total. The molecule has 3 rings (SSSR count). The van der Waals surface area contributed by atoms with E-state index in [-0.39, 0.29) is 6.61 Å². The van der Waals surface area contributed by atoms with Gasteiger partial charge in [-0.25, -0.2) is 0 Å². The lowest BCUT2D eigenvalue weighted by molar-refractivity contribution is 0.297. The smallest absolute Gasteiger partial charge is 0.166 e. The Balaban J connectivity index is 2.09. The van der Waals surface area contributed by atoms with Gasteiger partial charge in [0, 0.05) is 5.56 Å². The molecule has 3 heteroatoms. The first-order valence-electron chi connectivity index (χ1n) is 9.78. The van der Waals surface area contributed by atoms with Crippen LogP contribution in [0, 0.1) is 23.7 Å². The van der Waals surface area contributed by atoms with Crippen LogP contribution in [0.1, 0.15) is 23.6 Å². The molecule has 0 amide bonds. The Morgan fingerprint density at radius 2 is 1.90 bits per heavy atom. The van der Waals surface area contributed by atoms with Crippen LogP contribution >= 0.6 is 0 Å². The second-order valence-electron chi connectivity index (χ2n) is 6.66. The number of nitrogens with zero attached hydrogens (tertiary/aromatic N) is 1. The van der Waals surface area contributed by atoms with Crippen LogP contribution in [0.15, 0.2) is 67.3 Å². The standard InChI is InChI=1S/C27H23NO2/c1-4-9-24-15-20(17-26(29-6-3)27(24)30-14-5-2)16-25(19-28)23-13-12-21-10-7-8-11-22(21)18-23/h2,4,7-8,10-13,15-18H,1,6,9,14H2,3H3/b25-16-. The summed E-state index contributed by atoms with van der Waals surface area (Å²) in [7, 11) is 0. The van der Waals surface area contributed by atoms with Gasteiger partial charge in [0.25, 0.3) is 0 Å². The average molecular weight is 393 g/mol. The average Bonchev–Trinajstić information content (AvgIpc) is 2.77. The van der Waals surface area contributed by atoms with Crippen LogP contribution in [0.2, 0.25) is 0 Å².